The molecule has 9 heteroatoms. The largest absolute Gasteiger partial charge is 0.365 e. The Morgan fingerprint density at radius 1 is 1.21 bits per heavy atom. The average Bonchev–Trinajstić information content (AvgIpc) is 3.35. The highest BCUT2D eigenvalue weighted by molar-refractivity contribution is 7.17. The molecule has 1 N–H and O–H groups in total. The van der Waals surface area contributed by atoms with Gasteiger partial charge in [-0.3, -0.25) is 4.40 Å². The lowest BCUT2D eigenvalue weighted by molar-refractivity contribution is 0.630. The number of imidazole rings is 1. The molecule has 4 aromatic heterocycles. The van der Waals surface area contributed by atoms with E-state index < -0.39 is 0 Å². The second-order valence-corrected chi connectivity index (χ2v) is 8.58. The van der Waals surface area contributed by atoms with Crippen LogP contribution in [0.15, 0.2) is 36.5 Å². The van der Waals surface area contributed by atoms with E-state index in [9.17, 15) is 5.26 Å². The van der Waals surface area contributed by atoms with Gasteiger partial charge in [0, 0.05) is 17.1 Å². The Kier molecular flexibility index (Phi) is 3.41. The van der Waals surface area contributed by atoms with Crippen LogP contribution in [-0.4, -0.2) is 35.0 Å². The molecular weight excluding hydrogens is 372 g/mol. The van der Waals surface area contributed by atoms with Crippen molar-refractivity contribution in [3.05, 3.63) is 41.4 Å². The quantitative estimate of drug-likeness (QED) is 0.495. The minimum atomic E-state index is -0.196. The Hall–Kier alpha value is -3.51. The van der Waals surface area contributed by atoms with Crippen LogP contribution in [0.5, 0.6) is 0 Å². The fraction of sp³-hybridized carbons (Fsp3) is 0.211. The third-order valence-corrected chi connectivity index (χ3v) is 5.25. The van der Waals surface area contributed by atoms with E-state index in [0.29, 0.717) is 10.5 Å². The van der Waals surface area contributed by atoms with Gasteiger partial charge in [-0.2, -0.15) is 9.78 Å². The van der Waals surface area contributed by atoms with Gasteiger partial charge >= 0.3 is 0 Å². The molecule has 5 aromatic rings. The Balaban J connectivity index is 1.86. The lowest BCUT2D eigenvalue weighted by Gasteiger charge is -2.22. The first kappa shape index (κ1) is 16.6. The molecule has 0 unspecified atom stereocenters. The van der Waals surface area contributed by atoms with Crippen LogP contribution in [0.25, 0.3) is 32.8 Å². The molecule has 28 heavy (non-hydrogen) atoms. The van der Waals surface area contributed by atoms with E-state index in [-0.39, 0.29) is 5.54 Å². The van der Waals surface area contributed by atoms with E-state index in [2.05, 4.69) is 53.7 Å². The third-order valence-electron chi connectivity index (χ3n) is 4.36. The first-order chi connectivity index (χ1) is 13.4. The van der Waals surface area contributed by atoms with Crippen molar-refractivity contribution in [3.63, 3.8) is 0 Å². The number of nitrogens with one attached hydrogen (secondary N) is 1. The molecule has 0 saturated carbocycles. The molecule has 0 fully saturated rings. The van der Waals surface area contributed by atoms with Gasteiger partial charge in [0.05, 0.1) is 11.1 Å². The number of rotatable bonds is 2. The van der Waals surface area contributed by atoms with Crippen molar-refractivity contribution in [2.45, 2.75) is 26.3 Å². The Labute approximate surface area is 164 Å². The van der Waals surface area contributed by atoms with Gasteiger partial charge in [-0.05, 0) is 43.3 Å². The number of anilines is 1. The number of para-hydroxylation sites is 1. The molecule has 0 radical (unpaired) electrons. The number of pyridine rings is 1. The van der Waals surface area contributed by atoms with Crippen LogP contribution >= 0.6 is 11.3 Å². The first-order valence-corrected chi connectivity index (χ1v) is 9.57. The molecule has 5 rings (SSSR count). The zero-order chi connectivity index (χ0) is 19.5. The fourth-order valence-corrected chi connectivity index (χ4v) is 4.05. The lowest BCUT2D eigenvalue weighted by atomic mass is 10.1. The molecule has 0 amide bonds. The summed E-state index contributed by atoms with van der Waals surface area (Å²) in [6, 6.07) is 12.2. The van der Waals surface area contributed by atoms with Crippen LogP contribution in [0.2, 0.25) is 0 Å². The predicted octanol–water partition coefficient (Wildman–Crippen LogP) is 3.74. The maximum atomic E-state index is 9.27. The average molecular weight is 388 g/mol. The summed E-state index contributed by atoms with van der Waals surface area (Å²) in [6.07, 6.45) is 1.81. The van der Waals surface area contributed by atoms with E-state index in [0.717, 1.165) is 32.9 Å². The topological polar surface area (TPSA) is 96.2 Å². The smallest absolute Gasteiger partial charge is 0.197 e. The fourth-order valence-electron chi connectivity index (χ4n) is 3.27. The van der Waals surface area contributed by atoms with Crippen LogP contribution < -0.4 is 5.32 Å². The summed E-state index contributed by atoms with van der Waals surface area (Å²) >= 11 is 1.36. The van der Waals surface area contributed by atoms with Crippen molar-refractivity contribution in [2.75, 3.05) is 5.32 Å². The number of benzene rings is 1. The summed E-state index contributed by atoms with van der Waals surface area (Å²) in [5.74, 6) is 0.820. The van der Waals surface area contributed by atoms with E-state index in [1.807, 2.05) is 34.9 Å². The standard InChI is InChI=1S/C19H16N8S/c1-19(2,3)22-17-15(21-18-26(17)10-12(9-20)28-18)13-8-11-6-4-5-7-14(11)27-16(13)23-24-25-27/h4-8,10,22H,1-3H3. The molecule has 0 bridgehead atoms. The third kappa shape index (κ3) is 2.50. The Morgan fingerprint density at radius 3 is 2.82 bits per heavy atom. The number of nitrogens with zero attached hydrogens (tertiary/aromatic N) is 7. The number of hydrogen-bond acceptors (Lipinski definition) is 7. The summed E-state index contributed by atoms with van der Waals surface area (Å²) < 4.78 is 3.67. The van der Waals surface area contributed by atoms with E-state index in [4.69, 9.17) is 4.98 Å². The second-order valence-electron chi connectivity index (χ2n) is 7.57. The van der Waals surface area contributed by atoms with Gasteiger partial charge in [0.2, 0.25) is 0 Å². The highest BCUT2D eigenvalue weighted by atomic mass is 32.1. The molecule has 0 aliphatic heterocycles. The second kappa shape index (κ2) is 5.74. The van der Waals surface area contributed by atoms with Crippen LogP contribution in [0.4, 0.5) is 5.82 Å². The maximum absolute atomic E-state index is 9.27. The van der Waals surface area contributed by atoms with Crippen molar-refractivity contribution in [1.29, 1.82) is 5.26 Å². The highest BCUT2D eigenvalue weighted by Crippen LogP contribution is 2.36. The molecule has 0 atom stereocenters. The van der Waals surface area contributed by atoms with E-state index in [1.165, 1.54) is 11.3 Å². The summed E-state index contributed by atoms with van der Waals surface area (Å²) in [7, 11) is 0. The normalized spacial score (nSPS) is 12.1. The van der Waals surface area contributed by atoms with Gasteiger partial charge in [-0.15, -0.1) is 5.10 Å². The van der Waals surface area contributed by atoms with E-state index >= 15 is 0 Å². The van der Waals surface area contributed by atoms with Gasteiger partial charge in [0.1, 0.15) is 22.5 Å². The van der Waals surface area contributed by atoms with Crippen LogP contribution in [0.1, 0.15) is 25.6 Å². The van der Waals surface area contributed by atoms with Gasteiger partial charge in [0.15, 0.2) is 10.6 Å². The number of thiazole rings is 1. The van der Waals surface area contributed by atoms with Gasteiger partial charge in [-0.25, -0.2) is 4.98 Å². The number of tetrazole rings is 1. The number of aromatic nitrogens is 6. The molecule has 4 heterocycles. The summed E-state index contributed by atoms with van der Waals surface area (Å²) in [5.41, 5.74) is 2.98. The summed E-state index contributed by atoms with van der Waals surface area (Å²) in [4.78, 5) is 6.19. The zero-order valence-electron chi connectivity index (χ0n) is 15.5. The monoisotopic (exact) mass is 388 g/mol. The van der Waals surface area contributed by atoms with Crippen molar-refractivity contribution in [2.24, 2.45) is 0 Å². The minimum absolute atomic E-state index is 0.196. The highest BCUT2D eigenvalue weighted by Gasteiger charge is 2.24. The molecule has 8 nitrogen and oxygen atoms in total. The number of hydrogen-bond donors (Lipinski definition) is 1. The lowest BCUT2D eigenvalue weighted by Crippen LogP contribution is -2.27. The molecule has 0 aliphatic rings. The van der Waals surface area contributed by atoms with Crippen LogP contribution in [-0.2, 0) is 0 Å². The van der Waals surface area contributed by atoms with Crippen LogP contribution in [0, 0.1) is 11.3 Å². The summed E-state index contributed by atoms with van der Waals surface area (Å²) in [5, 5.41) is 26.1. The first-order valence-electron chi connectivity index (χ1n) is 8.75. The molecular formula is C19H16N8S. The number of fused-ring (bicyclic) bond motifs is 4. The number of nitriles is 1. The summed E-state index contributed by atoms with van der Waals surface area (Å²) in [6.45, 7) is 6.26. The van der Waals surface area contributed by atoms with Gasteiger partial charge in [-0.1, -0.05) is 29.5 Å². The Bertz CT molecular complexity index is 1390. The minimum Gasteiger partial charge on any atom is -0.365 e. The van der Waals surface area contributed by atoms with Crippen LogP contribution in [0.3, 0.4) is 0 Å². The predicted molar refractivity (Wildman–Crippen MR) is 108 cm³/mol. The van der Waals surface area contributed by atoms with E-state index in [1.54, 1.807) is 4.52 Å². The zero-order valence-corrected chi connectivity index (χ0v) is 16.3. The Morgan fingerprint density at radius 2 is 2.04 bits per heavy atom. The molecule has 138 valence electrons. The molecule has 0 aliphatic carbocycles. The van der Waals surface area contributed by atoms with Gasteiger partial charge in [0.25, 0.3) is 0 Å². The van der Waals surface area contributed by atoms with Gasteiger partial charge < -0.3 is 5.32 Å². The molecule has 0 saturated heterocycles. The maximum Gasteiger partial charge on any atom is 0.197 e. The van der Waals surface area contributed by atoms with Crippen molar-refractivity contribution >= 4 is 38.7 Å². The van der Waals surface area contributed by atoms with Crippen molar-refractivity contribution in [3.8, 4) is 17.3 Å². The SMILES string of the molecule is CC(C)(C)Nc1c(-c2cc3ccccc3n3nnnc23)nc2sc(C#N)cn12. The van der Waals surface area contributed by atoms with Crippen molar-refractivity contribution in [1.82, 2.24) is 29.4 Å². The van der Waals surface area contributed by atoms with Crippen molar-refractivity contribution < 1.29 is 0 Å². The molecule has 0 spiro atoms. The molecule has 1 aromatic carbocycles.